The molecule has 0 heterocycles. The summed E-state index contributed by atoms with van der Waals surface area (Å²) >= 11 is 0. The maximum absolute atomic E-state index is 11.6. The van der Waals surface area contributed by atoms with E-state index in [9.17, 15) is 9.59 Å². The molecule has 26 heavy (non-hydrogen) atoms. The lowest BCUT2D eigenvalue weighted by molar-refractivity contribution is -0.143. The lowest BCUT2D eigenvalue weighted by Gasteiger charge is -2.15. The third-order valence-electron chi connectivity index (χ3n) is 3.96. The van der Waals surface area contributed by atoms with Gasteiger partial charge in [-0.15, -0.1) is 0 Å². The molecule has 0 saturated carbocycles. The Balaban J connectivity index is 2.18. The zero-order valence-electron chi connectivity index (χ0n) is 15.4. The second-order valence-electron chi connectivity index (χ2n) is 5.64. The Morgan fingerprint density at radius 2 is 1.92 bits per heavy atom. The van der Waals surface area contributed by atoms with Gasteiger partial charge in [-0.1, -0.05) is 0 Å². The minimum Gasteiger partial charge on any atom is -0.497 e. The summed E-state index contributed by atoms with van der Waals surface area (Å²) < 4.78 is 21.4. The largest absolute Gasteiger partial charge is 0.497 e. The monoisotopic (exact) mass is 360 g/mol. The van der Waals surface area contributed by atoms with Gasteiger partial charge in [0.05, 0.1) is 33.0 Å². The Labute approximate surface area is 153 Å². The van der Waals surface area contributed by atoms with Crippen LogP contribution in [0.5, 0.6) is 17.2 Å². The van der Waals surface area contributed by atoms with Gasteiger partial charge in [0.15, 0.2) is 6.29 Å². The van der Waals surface area contributed by atoms with Crippen LogP contribution in [0.25, 0.3) is 10.8 Å². The first-order chi connectivity index (χ1) is 12.6. The fourth-order valence-corrected chi connectivity index (χ4v) is 2.68. The number of hydrogen-bond donors (Lipinski definition) is 0. The fraction of sp³-hybridized carbons (Fsp3) is 0.400. The molecule has 0 fully saturated rings. The van der Waals surface area contributed by atoms with Crippen molar-refractivity contribution in [2.24, 2.45) is 0 Å². The van der Waals surface area contributed by atoms with Crippen LogP contribution >= 0.6 is 0 Å². The maximum atomic E-state index is 11.6. The molecule has 0 N–H and O–H groups in total. The first kappa shape index (κ1) is 19.6. The summed E-state index contributed by atoms with van der Waals surface area (Å²) in [5, 5.41) is 1.66. The molecule has 0 radical (unpaired) electrons. The van der Waals surface area contributed by atoms with Crippen LogP contribution in [0.1, 0.15) is 36.5 Å². The Kier molecular flexibility index (Phi) is 7.26. The normalized spacial score (nSPS) is 10.4. The second-order valence-corrected chi connectivity index (χ2v) is 5.64. The topological polar surface area (TPSA) is 71.1 Å². The molecule has 0 amide bonds. The number of methoxy groups -OCH3 is 2. The molecule has 2 rings (SSSR count). The van der Waals surface area contributed by atoms with Crippen molar-refractivity contribution in [2.45, 2.75) is 26.2 Å². The number of carbonyl (C=O) groups is 2. The predicted octanol–water partition coefficient (Wildman–Crippen LogP) is 3.78. The molecule has 0 aliphatic carbocycles. The van der Waals surface area contributed by atoms with Crippen molar-refractivity contribution < 1.29 is 28.5 Å². The van der Waals surface area contributed by atoms with Gasteiger partial charge in [-0.05, 0) is 49.4 Å². The van der Waals surface area contributed by atoms with Gasteiger partial charge in [0.2, 0.25) is 0 Å². The van der Waals surface area contributed by atoms with Gasteiger partial charge >= 0.3 is 5.97 Å². The van der Waals surface area contributed by atoms with E-state index in [-0.39, 0.29) is 5.97 Å². The number of benzene rings is 2. The molecule has 6 nitrogen and oxygen atoms in total. The molecular formula is C20H24O6. The van der Waals surface area contributed by atoms with Crippen molar-refractivity contribution in [2.75, 3.05) is 27.4 Å². The highest BCUT2D eigenvalue weighted by atomic mass is 16.5. The smallest absolute Gasteiger partial charge is 0.305 e. The molecular weight excluding hydrogens is 336 g/mol. The number of hydrogen-bond acceptors (Lipinski definition) is 6. The Morgan fingerprint density at radius 3 is 2.58 bits per heavy atom. The second kappa shape index (κ2) is 9.65. The van der Waals surface area contributed by atoms with Gasteiger partial charge in [0.25, 0.3) is 0 Å². The highest BCUT2D eigenvalue weighted by Crippen LogP contribution is 2.37. The van der Waals surface area contributed by atoms with Gasteiger partial charge in [0.1, 0.15) is 17.2 Å². The van der Waals surface area contributed by atoms with E-state index in [0.717, 1.165) is 17.1 Å². The first-order valence-corrected chi connectivity index (χ1v) is 8.56. The molecule has 0 saturated heterocycles. The van der Waals surface area contributed by atoms with Crippen molar-refractivity contribution in [3.05, 3.63) is 29.8 Å². The van der Waals surface area contributed by atoms with Crippen molar-refractivity contribution in [3.8, 4) is 17.2 Å². The van der Waals surface area contributed by atoms with E-state index in [4.69, 9.17) is 18.9 Å². The van der Waals surface area contributed by atoms with E-state index in [1.807, 2.05) is 18.2 Å². The molecule has 0 bridgehead atoms. The zero-order chi connectivity index (χ0) is 18.9. The van der Waals surface area contributed by atoms with Crippen LogP contribution in [0.4, 0.5) is 0 Å². The van der Waals surface area contributed by atoms with E-state index in [1.54, 1.807) is 20.1 Å². The summed E-state index contributed by atoms with van der Waals surface area (Å²) in [6.07, 6.45) is 2.42. The van der Waals surface area contributed by atoms with E-state index in [2.05, 4.69) is 0 Å². The molecule has 2 aromatic carbocycles. The molecule has 0 spiro atoms. The van der Waals surface area contributed by atoms with Crippen molar-refractivity contribution in [1.29, 1.82) is 0 Å². The Morgan fingerprint density at radius 1 is 1.12 bits per heavy atom. The number of fused-ring (bicyclic) bond motifs is 1. The third-order valence-corrected chi connectivity index (χ3v) is 3.96. The molecule has 6 heteroatoms. The summed E-state index contributed by atoms with van der Waals surface area (Å²) in [7, 11) is 3.11. The number of esters is 1. The molecule has 0 aliphatic heterocycles. The van der Waals surface area contributed by atoms with Crippen molar-refractivity contribution in [3.63, 3.8) is 0 Å². The summed E-state index contributed by atoms with van der Waals surface area (Å²) in [5.41, 5.74) is 0.371. The third kappa shape index (κ3) is 4.65. The Bertz CT molecular complexity index is 768. The lowest BCUT2D eigenvalue weighted by atomic mass is 10.0. The molecule has 0 unspecified atom stereocenters. The molecule has 140 valence electrons. The van der Waals surface area contributed by atoms with Crippen molar-refractivity contribution in [1.82, 2.24) is 0 Å². The average molecular weight is 360 g/mol. The maximum Gasteiger partial charge on any atom is 0.305 e. The van der Waals surface area contributed by atoms with Gasteiger partial charge in [-0.3, -0.25) is 9.59 Å². The standard InChI is InChI=1S/C20H24O6/c1-4-25-19(22)7-5-6-10-26-20-16-9-8-15(23-2)11-14(16)12-18(24-3)17(20)13-21/h8-9,11-13H,4-7,10H2,1-3H3. The molecule has 0 atom stereocenters. The van der Waals surface area contributed by atoms with Crippen LogP contribution in [0, 0.1) is 0 Å². The van der Waals surface area contributed by atoms with E-state index >= 15 is 0 Å². The molecule has 0 aliphatic rings. The number of rotatable bonds is 10. The predicted molar refractivity (Wildman–Crippen MR) is 98.4 cm³/mol. The quantitative estimate of drug-likeness (QED) is 0.365. The number of aldehydes is 1. The minimum atomic E-state index is -0.208. The summed E-state index contributed by atoms with van der Waals surface area (Å²) in [4.78, 5) is 22.9. The highest BCUT2D eigenvalue weighted by molar-refractivity contribution is 5.99. The average Bonchev–Trinajstić information content (AvgIpc) is 2.66. The van der Waals surface area contributed by atoms with E-state index < -0.39 is 0 Å². The van der Waals surface area contributed by atoms with Crippen LogP contribution in [0.15, 0.2) is 24.3 Å². The van der Waals surface area contributed by atoms with Crippen LogP contribution in [0.2, 0.25) is 0 Å². The number of ether oxygens (including phenoxy) is 4. The van der Waals surface area contributed by atoms with Crippen LogP contribution in [-0.2, 0) is 9.53 Å². The zero-order valence-corrected chi connectivity index (χ0v) is 15.4. The van der Waals surface area contributed by atoms with Gasteiger partial charge < -0.3 is 18.9 Å². The van der Waals surface area contributed by atoms with Crippen molar-refractivity contribution >= 4 is 23.0 Å². The van der Waals surface area contributed by atoms with Gasteiger partial charge in [-0.2, -0.15) is 0 Å². The van der Waals surface area contributed by atoms with Crippen LogP contribution < -0.4 is 14.2 Å². The molecule has 0 aromatic heterocycles. The highest BCUT2D eigenvalue weighted by Gasteiger charge is 2.16. The lowest BCUT2D eigenvalue weighted by Crippen LogP contribution is -2.06. The fourth-order valence-electron chi connectivity index (χ4n) is 2.68. The first-order valence-electron chi connectivity index (χ1n) is 8.56. The number of carbonyl (C=O) groups excluding carboxylic acids is 2. The Hall–Kier alpha value is -2.76. The summed E-state index contributed by atoms with van der Waals surface area (Å²) in [6, 6.07) is 7.32. The summed E-state index contributed by atoms with van der Waals surface area (Å²) in [6.45, 7) is 2.55. The van der Waals surface area contributed by atoms with Gasteiger partial charge in [-0.25, -0.2) is 0 Å². The van der Waals surface area contributed by atoms with E-state index in [1.165, 1.54) is 7.11 Å². The summed E-state index contributed by atoms with van der Waals surface area (Å²) in [5.74, 6) is 1.43. The van der Waals surface area contributed by atoms with E-state index in [0.29, 0.717) is 55.3 Å². The minimum absolute atomic E-state index is 0.208. The number of unbranched alkanes of at least 4 members (excludes halogenated alkanes) is 1. The van der Waals surface area contributed by atoms with Crippen LogP contribution in [0.3, 0.4) is 0 Å². The SMILES string of the molecule is CCOC(=O)CCCCOc1c(C=O)c(OC)cc2cc(OC)ccc12. The molecule has 2 aromatic rings. The van der Waals surface area contributed by atoms with Gasteiger partial charge in [0, 0.05) is 11.8 Å². The van der Waals surface area contributed by atoms with Crippen LogP contribution in [-0.4, -0.2) is 39.7 Å².